The van der Waals surface area contributed by atoms with Crippen molar-refractivity contribution in [2.75, 3.05) is 31.1 Å². The lowest BCUT2D eigenvalue weighted by Gasteiger charge is -2.36. The molecule has 1 unspecified atom stereocenters. The molecule has 1 atom stereocenters. The second-order valence-corrected chi connectivity index (χ2v) is 6.59. The third kappa shape index (κ3) is 3.82. The van der Waals surface area contributed by atoms with Crippen LogP contribution < -0.4 is 10.2 Å². The predicted molar refractivity (Wildman–Crippen MR) is 93.9 cm³/mol. The maximum Gasteiger partial charge on any atom is 0.318 e. The number of nitrogens with zero attached hydrogens (tertiary/aromatic N) is 3. The minimum Gasteiger partial charge on any atom is -0.367 e. The van der Waals surface area contributed by atoms with Gasteiger partial charge >= 0.3 is 6.03 Å². The molecule has 3 rings (SSSR count). The van der Waals surface area contributed by atoms with Crippen LogP contribution in [0.5, 0.6) is 0 Å². The molecule has 122 valence electrons. The van der Waals surface area contributed by atoms with Crippen molar-refractivity contribution in [1.82, 2.24) is 15.2 Å². The van der Waals surface area contributed by atoms with Gasteiger partial charge in [-0.25, -0.2) is 4.79 Å². The summed E-state index contributed by atoms with van der Waals surface area (Å²) in [7, 11) is 0. The fraction of sp³-hybridized carbons (Fsp3) is 0.412. The highest BCUT2D eigenvalue weighted by molar-refractivity contribution is 7.10. The molecule has 23 heavy (non-hydrogen) atoms. The van der Waals surface area contributed by atoms with Crippen molar-refractivity contribution in [2.24, 2.45) is 0 Å². The van der Waals surface area contributed by atoms with Crippen molar-refractivity contribution >= 4 is 23.1 Å². The first-order chi connectivity index (χ1) is 11.3. The molecule has 5 nitrogen and oxygen atoms in total. The van der Waals surface area contributed by atoms with Gasteiger partial charge in [-0.1, -0.05) is 13.0 Å². The number of hydrogen-bond acceptors (Lipinski definition) is 4. The number of rotatable bonds is 4. The van der Waals surface area contributed by atoms with Crippen LogP contribution in [0.2, 0.25) is 0 Å². The summed E-state index contributed by atoms with van der Waals surface area (Å²) < 4.78 is 0. The van der Waals surface area contributed by atoms with Crippen LogP contribution in [0, 0.1) is 0 Å². The van der Waals surface area contributed by atoms with Crippen molar-refractivity contribution in [3.8, 4) is 0 Å². The van der Waals surface area contributed by atoms with Gasteiger partial charge in [0.2, 0.25) is 0 Å². The standard InChI is InChI=1S/C17H22N4OS/c1-2-15(16-6-4-12-23-16)19-17(22)21-10-8-20(9-11-21)14-5-3-7-18-13-14/h3-7,12-13,15H,2,8-11H2,1H3,(H,19,22). The number of hydrogen-bond donors (Lipinski definition) is 1. The van der Waals surface area contributed by atoms with E-state index in [0.717, 1.165) is 38.3 Å². The Labute approximate surface area is 140 Å². The van der Waals surface area contributed by atoms with Gasteiger partial charge in [0.1, 0.15) is 0 Å². The molecule has 1 aliphatic rings. The maximum atomic E-state index is 12.5. The van der Waals surface area contributed by atoms with Gasteiger partial charge < -0.3 is 15.1 Å². The summed E-state index contributed by atoms with van der Waals surface area (Å²) in [5.41, 5.74) is 1.12. The van der Waals surface area contributed by atoms with Gasteiger partial charge in [-0.15, -0.1) is 11.3 Å². The summed E-state index contributed by atoms with van der Waals surface area (Å²) in [4.78, 5) is 22.0. The largest absolute Gasteiger partial charge is 0.367 e. The van der Waals surface area contributed by atoms with Crippen molar-refractivity contribution in [2.45, 2.75) is 19.4 Å². The Hall–Kier alpha value is -2.08. The van der Waals surface area contributed by atoms with E-state index in [1.165, 1.54) is 4.88 Å². The molecule has 6 heteroatoms. The number of carbonyl (C=O) groups excluding carboxylic acids is 1. The smallest absolute Gasteiger partial charge is 0.318 e. The normalized spacial score (nSPS) is 16.2. The predicted octanol–water partition coefficient (Wildman–Crippen LogP) is 3.13. The molecule has 1 saturated heterocycles. The molecule has 2 amide bonds. The number of piperazine rings is 1. The first-order valence-corrected chi connectivity index (χ1v) is 8.89. The maximum absolute atomic E-state index is 12.5. The first kappa shape index (κ1) is 15.8. The van der Waals surface area contributed by atoms with Gasteiger partial charge in [0.05, 0.1) is 17.9 Å². The van der Waals surface area contributed by atoms with Crippen molar-refractivity contribution in [1.29, 1.82) is 0 Å². The van der Waals surface area contributed by atoms with E-state index in [0.29, 0.717) is 0 Å². The highest BCUT2D eigenvalue weighted by Gasteiger charge is 2.23. The lowest BCUT2D eigenvalue weighted by Crippen LogP contribution is -2.52. The molecule has 0 aliphatic carbocycles. The Bertz CT molecular complexity index is 609. The SMILES string of the molecule is CCC(NC(=O)N1CCN(c2cccnc2)CC1)c1cccs1. The van der Waals surface area contributed by atoms with E-state index in [1.54, 1.807) is 17.5 Å². The summed E-state index contributed by atoms with van der Waals surface area (Å²) in [5.74, 6) is 0. The van der Waals surface area contributed by atoms with Crippen molar-refractivity contribution in [3.63, 3.8) is 0 Å². The van der Waals surface area contributed by atoms with E-state index >= 15 is 0 Å². The summed E-state index contributed by atoms with van der Waals surface area (Å²) >= 11 is 1.69. The molecule has 1 aliphatic heterocycles. The average molecular weight is 330 g/mol. The minimum atomic E-state index is 0.0380. The monoisotopic (exact) mass is 330 g/mol. The third-order valence-electron chi connectivity index (χ3n) is 4.17. The second kappa shape index (κ2) is 7.46. The quantitative estimate of drug-likeness (QED) is 0.937. The lowest BCUT2D eigenvalue weighted by molar-refractivity contribution is 0.190. The summed E-state index contributed by atoms with van der Waals surface area (Å²) in [6.45, 7) is 5.26. The van der Waals surface area contributed by atoms with E-state index in [2.05, 4.69) is 39.6 Å². The highest BCUT2D eigenvalue weighted by atomic mass is 32.1. The van der Waals surface area contributed by atoms with Crippen LogP contribution in [0.15, 0.2) is 42.0 Å². The number of aromatic nitrogens is 1. The number of nitrogens with one attached hydrogen (secondary N) is 1. The van der Waals surface area contributed by atoms with Crippen LogP contribution in [0.1, 0.15) is 24.3 Å². The van der Waals surface area contributed by atoms with Gasteiger partial charge in [-0.3, -0.25) is 4.98 Å². The fourth-order valence-electron chi connectivity index (χ4n) is 2.81. The number of urea groups is 1. The Morgan fingerprint density at radius 2 is 2.13 bits per heavy atom. The lowest BCUT2D eigenvalue weighted by atomic mass is 10.2. The fourth-order valence-corrected chi connectivity index (χ4v) is 3.67. The van der Waals surface area contributed by atoms with E-state index in [4.69, 9.17) is 0 Å². The molecular formula is C17H22N4OS. The molecular weight excluding hydrogens is 308 g/mol. The van der Waals surface area contributed by atoms with Crippen LogP contribution in [0.4, 0.5) is 10.5 Å². The van der Waals surface area contributed by atoms with Crippen molar-refractivity contribution in [3.05, 3.63) is 46.9 Å². The van der Waals surface area contributed by atoms with Crippen LogP contribution >= 0.6 is 11.3 Å². The van der Waals surface area contributed by atoms with E-state index in [1.807, 2.05) is 23.2 Å². The van der Waals surface area contributed by atoms with Crippen LogP contribution in [0.25, 0.3) is 0 Å². The highest BCUT2D eigenvalue weighted by Crippen LogP contribution is 2.22. The Morgan fingerprint density at radius 3 is 2.74 bits per heavy atom. The van der Waals surface area contributed by atoms with Crippen LogP contribution in [0.3, 0.4) is 0 Å². The Kier molecular flexibility index (Phi) is 5.12. The minimum absolute atomic E-state index is 0.0380. The van der Waals surface area contributed by atoms with Gasteiger partial charge in [0, 0.05) is 37.3 Å². The average Bonchev–Trinajstić information content (AvgIpc) is 3.15. The van der Waals surface area contributed by atoms with Crippen LogP contribution in [-0.4, -0.2) is 42.1 Å². The molecule has 0 saturated carbocycles. The molecule has 0 spiro atoms. The molecule has 2 aromatic heterocycles. The molecule has 1 N–H and O–H groups in total. The zero-order chi connectivity index (χ0) is 16.1. The summed E-state index contributed by atoms with van der Waals surface area (Å²) in [6.07, 6.45) is 4.56. The van der Waals surface area contributed by atoms with Gasteiger partial charge in [-0.2, -0.15) is 0 Å². The first-order valence-electron chi connectivity index (χ1n) is 8.01. The molecule has 3 heterocycles. The van der Waals surface area contributed by atoms with Crippen LogP contribution in [-0.2, 0) is 0 Å². The number of pyridine rings is 1. The summed E-state index contributed by atoms with van der Waals surface area (Å²) in [6, 6.07) is 8.27. The van der Waals surface area contributed by atoms with E-state index in [-0.39, 0.29) is 12.1 Å². The van der Waals surface area contributed by atoms with Gasteiger partial charge in [0.25, 0.3) is 0 Å². The molecule has 0 bridgehead atoms. The van der Waals surface area contributed by atoms with Crippen molar-refractivity contribution < 1.29 is 4.79 Å². The number of carbonyl (C=O) groups is 1. The van der Waals surface area contributed by atoms with E-state index < -0.39 is 0 Å². The Morgan fingerprint density at radius 1 is 1.30 bits per heavy atom. The summed E-state index contributed by atoms with van der Waals surface area (Å²) in [5, 5.41) is 5.21. The Balaban J connectivity index is 1.54. The molecule has 1 fully saturated rings. The number of amides is 2. The topological polar surface area (TPSA) is 48.5 Å². The van der Waals surface area contributed by atoms with E-state index in [9.17, 15) is 4.79 Å². The zero-order valence-electron chi connectivity index (χ0n) is 13.3. The van der Waals surface area contributed by atoms with Gasteiger partial charge in [0.15, 0.2) is 0 Å². The second-order valence-electron chi connectivity index (χ2n) is 5.61. The molecule has 0 radical (unpaired) electrons. The van der Waals surface area contributed by atoms with Gasteiger partial charge in [-0.05, 0) is 30.0 Å². The third-order valence-corrected chi connectivity index (χ3v) is 5.16. The zero-order valence-corrected chi connectivity index (χ0v) is 14.1. The number of thiophene rings is 1. The molecule has 2 aromatic rings. The number of anilines is 1. The molecule has 0 aromatic carbocycles.